The van der Waals surface area contributed by atoms with E-state index in [1.807, 2.05) is 84.9 Å². The van der Waals surface area contributed by atoms with Crippen molar-refractivity contribution < 1.29 is 0 Å². The predicted molar refractivity (Wildman–Crippen MR) is 291 cm³/mol. The molecule has 3 aromatic heterocycles. The number of hydrogen-bond acceptors (Lipinski definition) is 5. The monoisotopic (exact) mass is 917 g/mol. The molecule has 0 spiro atoms. The molecule has 13 rings (SSSR count). The van der Waals surface area contributed by atoms with Gasteiger partial charge in [0.15, 0.2) is 17.5 Å². The quantitative estimate of drug-likeness (QED) is 0.151. The molecule has 0 aliphatic heterocycles. The van der Waals surface area contributed by atoms with E-state index in [4.69, 9.17) is 15.0 Å². The SMILES string of the molecule is N#Cc1ccc(-c2ccc(-c3nc(-c4ccccc4)nc(-c4ccc(C#N)cc4-n4c5ccccc5c5cc(-c6ccccc6)ccc54)n3)c(-n3c4ccccc4c4cc(-c5ccccc5)ccc43)c2)cc1. The zero-order valence-corrected chi connectivity index (χ0v) is 38.6. The molecule has 0 radical (unpaired) electrons. The van der Waals surface area contributed by atoms with E-state index in [2.05, 4.69) is 173 Å². The molecule has 0 bridgehead atoms. The zero-order chi connectivity index (χ0) is 48.1. The molecule has 334 valence electrons. The maximum atomic E-state index is 10.5. The lowest BCUT2D eigenvalue weighted by atomic mass is 10.00. The number of para-hydroxylation sites is 2. The van der Waals surface area contributed by atoms with E-state index in [1.54, 1.807) is 0 Å². The van der Waals surface area contributed by atoms with Gasteiger partial charge in [0, 0.05) is 38.2 Å². The van der Waals surface area contributed by atoms with Crippen LogP contribution in [0.5, 0.6) is 0 Å². The number of hydrogen-bond donors (Lipinski definition) is 0. The molecule has 0 saturated carbocycles. The zero-order valence-electron chi connectivity index (χ0n) is 38.6. The van der Waals surface area contributed by atoms with Gasteiger partial charge < -0.3 is 9.13 Å². The number of rotatable bonds is 8. The van der Waals surface area contributed by atoms with Gasteiger partial charge in [0.25, 0.3) is 0 Å². The second-order valence-electron chi connectivity index (χ2n) is 17.8. The molecular weight excluding hydrogens is 879 g/mol. The molecule has 0 atom stereocenters. The van der Waals surface area contributed by atoms with Gasteiger partial charge in [-0.3, -0.25) is 0 Å². The molecule has 72 heavy (non-hydrogen) atoms. The normalized spacial score (nSPS) is 11.3. The third-order valence-electron chi connectivity index (χ3n) is 13.7. The van der Waals surface area contributed by atoms with E-state index >= 15 is 0 Å². The van der Waals surface area contributed by atoms with Gasteiger partial charge in [0.2, 0.25) is 0 Å². The molecule has 0 unspecified atom stereocenters. The molecule has 0 N–H and O–H groups in total. The Morgan fingerprint density at radius 2 is 0.653 bits per heavy atom. The van der Waals surface area contributed by atoms with Crippen molar-refractivity contribution >= 4 is 43.6 Å². The molecule has 0 fully saturated rings. The van der Waals surface area contributed by atoms with Crippen LogP contribution >= 0.6 is 0 Å². The molecule has 0 amide bonds. The summed E-state index contributed by atoms with van der Waals surface area (Å²) in [6.07, 6.45) is 0. The highest BCUT2D eigenvalue weighted by atomic mass is 15.1. The van der Waals surface area contributed by atoms with Crippen molar-refractivity contribution in [1.29, 1.82) is 10.5 Å². The molecule has 7 heteroatoms. The van der Waals surface area contributed by atoms with Crippen LogP contribution < -0.4 is 0 Å². The van der Waals surface area contributed by atoms with E-state index in [0.29, 0.717) is 28.6 Å². The molecule has 13 aromatic rings. The van der Waals surface area contributed by atoms with E-state index in [-0.39, 0.29) is 0 Å². The summed E-state index contributed by atoms with van der Waals surface area (Å²) < 4.78 is 4.56. The van der Waals surface area contributed by atoms with Crippen LogP contribution in [0.3, 0.4) is 0 Å². The van der Waals surface area contributed by atoms with Crippen molar-refractivity contribution in [2.45, 2.75) is 0 Å². The summed E-state index contributed by atoms with van der Waals surface area (Å²) in [5, 5.41) is 24.6. The fourth-order valence-corrected chi connectivity index (χ4v) is 10.2. The highest BCUT2D eigenvalue weighted by molar-refractivity contribution is 6.12. The second kappa shape index (κ2) is 17.4. The highest BCUT2D eigenvalue weighted by Crippen LogP contribution is 2.42. The Balaban J connectivity index is 1.08. The Kier molecular flexibility index (Phi) is 10.1. The number of nitrogens with zero attached hydrogens (tertiary/aromatic N) is 7. The van der Waals surface area contributed by atoms with Crippen molar-refractivity contribution in [1.82, 2.24) is 24.1 Å². The Hall–Kier alpha value is -10.2. The van der Waals surface area contributed by atoms with Gasteiger partial charge in [-0.25, -0.2) is 15.0 Å². The van der Waals surface area contributed by atoms with Crippen LogP contribution in [0.4, 0.5) is 0 Å². The van der Waals surface area contributed by atoms with Crippen LogP contribution in [0.25, 0.3) is 123 Å². The first-order valence-corrected chi connectivity index (χ1v) is 23.8. The summed E-state index contributed by atoms with van der Waals surface area (Å²) >= 11 is 0. The smallest absolute Gasteiger partial charge is 0.166 e. The van der Waals surface area contributed by atoms with E-state index in [0.717, 1.165) is 105 Å². The van der Waals surface area contributed by atoms with Crippen molar-refractivity contribution in [3.63, 3.8) is 0 Å². The molecule has 0 aliphatic carbocycles. The lowest BCUT2D eigenvalue weighted by Gasteiger charge is -2.18. The van der Waals surface area contributed by atoms with Gasteiger partial charge in [0.1, 0.15) is 0 Å². The largest absolute Gasteiger partial charge is 0.308 e. The fraction of sp³-hybridized carbons (Fsp3) is 0. The lowest BCUT2D eigenvalue weighted by molar-refractivity contribution is 1.06. The third kappa shape index (κ3) is 7.17. The summed E-state index contributed by atoms with van der Waals surface area (Å²) in [6.45, 7) is 0. The van der Waals surface area contributed by atoms with Crippen molar-refractivity contribution in [2.75, 3.05) is 0 Å². The molecular formula is C65H39N7. The van der Waals surface area contributed by atoms with E-state index in [1.165, 1.54) is 0 Å². The third-order valence-corrected chi connectivity index (χ3v) is 13.7. The van der Waals surface area contributed by atoms with Gasteiger partial charge in [-0.05, 0) is 112 Å². The second-order valence-corrected chi connectivity index (χ2v) is 17.8. The Bertz CT molecular complexity index is 4330. The molecule has 10 aromatic carbocycles. The minimum atomic E-state index is 0.460. The first-order valence-electron chi connectivity index (χ1n) is 23.8. The van der Waals surface area contributed by atoms with Crippen molar-refractivity contribution in [2.24, 2.45) is 0 Å². The number of aromatic nitrogens is 5. The minimum Gasteiger partial charge on any atom is -0.308 e. The summed E-state index contributed by atoms with van der Waals surface area (Å²) in [5.74, 6) is 1.46. The van der Waals surface area contributed by atoms with E-state index < -0.39 is 0 Å². The summed E-state index contributed by atoms with van der Waals surface area (Å²) in [5.41, 5.74) is 15.7. The maximum Gasteiger partial charge on any atom is 0.166 e. The first-order chi connectivity index (χ1) is 35.6. The number of benzene rings is 10. The number of fused-ring (bicyclic) bond motifs is 6. The molecule has 7 nitrogen and oxygen atoms in total. The van der Waals surface area contributed by atoms with Crippen LogP contribution in [0.2, 0.25) is 0 Å². The van der Waals surface area contributed by atoms with Crippen LogP contribution in [-0.4, -0.2) is 24.1 Å². The average molecular weight is 918 g/mol. The Labute approximate surface area is 415 Å². The van der Waals surface area contributed by atoms with Crippen LogP contribution in [0.1, 0.15) is 11.1 Å². The van der Waals surface area contributed by atoms with Crippen molar-refractivity contribution in [3.8, 4) is 91.1 Å². The molecule has 0 aliphatic rings. The van der Waals surface area contributed by atoms with Gasteiger partial charge in [-0.2, -0.15) is 10.5 Å². The van der Waals surface area contributed by atoms with Gasteiger partial charge >= 0.3 is 0 Å². The Morgan fingerprint density at radius 1 is 0.278 bits per heavy atom. The summed E-state index contributed by atoms with van der Waals surface area (Å²) in [4.78, 5) is 16.1. The fourth-order valence-electron chi connectivity index (χ4n) is 10.2. The average Bonchev–Trinajstić information content (AvgIpc) is 3.97. The van der Waals surface area contributed by atoms with Gasteiger partial charge in [-0.15, -0.1) is 0 Å². The maximum absolute atomic E-state index is 10.5. The van der Waals surface area contributed by atoms with Crippen LogP contribution in [-0.2, 0) is 0 Å². The topological polar surface area (TPSA) is 96.1 Å². The minimum absolute atomic E-state index is 0.460. The standard InChI is InChI=1S/C65H39N7/c66-40-42-24-27-46(28-25-42)50-29-33-54(62(39-50)72-58-23-13-11-21-52(58)56-38-49(31-35-60(56)72)45-16-6-2-7-17-45)65-69-63(47-18-8-3-9-19-47)68-64(70-65)53-32-26-43(41-67)36-61(53)71-57-22-12-10-20-51(57)55-37-48(30-34-59(55)71)44-14-4-1-5-15-44/h1-39H. The predicted octanol–water partition coefficient (Wildman–Crippen LogP) is 15.8. The molecule has 0 saturated heterocycles. The van der Waals surface area contributed by atoms with Gasteiger partial charge in [0.05, 0.1) is 56.7 Å². The lowest BCUT2D eigenvalue weighted by Crippen LogP contribution is -2.06. The van der Waals surface area contributed by atoms with Crippen molar-refractivity contribution in [3.05, 3.63) is 248 Å². The molecule has 3 heterocycles. The van der Waals surface area contributed by atoms with Crippen LogP contribution in [0, 0.1) is 22.7 Å². The van der Waals surface area contributed by atoms with Gasteiger partial charge in [-0.1, -0.05) is 158 Å². The Morgan fingerprint density at radius 3 is 1.18 bits per heavy atom. The van der Waals surface area contributed by atoms with Crippen LogP contribution in [0.15, 0.2) is 237 Å². The first kappa shape index (κ1) is 41.9. The number of nitriles is 2. The highest BCUT2D eigenvalue weighted by Gasteiger charge is 2.24. The summed E-state index contributed by atoms with van der Waals surface area (Å²) in [6, 6.07) is 85.6. The summed E-state index contributed by atoms with van der Waals surface area (Å²) in [7, 11) is 0. The van der Waals surface area contributed by atoms with E-state index in [9.17, 15) is 10.5 Å².